The molecule has 2 N–H and O–H groups in total. The third-order valence-corrected chi connectivity index (χ3v) is 3.99. The van der Waals surface area contributed by atoms with E-state index < -0.39 is 5.69 Å². The van der Waals surface area contributed by atoms with Crippen LogP contribution in [0.3, 0.4) is 0 Å². The fourth-order valence-corrected chi connectivity index (χ4v) is 2.80. The maximum Gasteiger partial charge on any atom is 0.332 e. The monoisotopic (exact) mass is 296 g/mol. The molecule has 0 fully saturated rings. The number of hydrogen-bond donors (Lipinski definition) is 1. The van der Waals surface area contributed by atoms with Crippen LogP contribution in [0.25, 0.3) is 10.3 Å². The van der Waals surface area contributed by atoms with Crippen molar-refractivity contribution in [2.75, 3.05) is 5.73 Å². The molecule has 0 aliphatic heterocycles. The number of aromatic nitrogens is 3. The second kappa shape index (κ2) is 5.58. The minimum absolute atomic E-state index is 0.123. The van der Waals surface area contributed by atoms with Crippen molar-refractivity contribution in [3.05, 3.63) is 20.8 Å². The van der Waals surface area contributed by atoms with Crippen LogP contribution in [-0.4, -0.2) is 19.9 Å². The molecule has 0 radical (unpaired) electrons. The van der Waals surface area contributed by atoms with Gasteiger partial charge in [0.1, 0.15) is 10.5 Å². The molecule has 8 heteroatoms. The van der Waals surface area contributed by atoms with Gasteiger partial charge in [0, 0.05) is 26.4 Å². The van der Waals surface area contributed by atoms with E-state index in [1.54, 1.807) is 14.0 Å². The van der Waals surface area contributed by atoms with Gasteiger partial charge in [-0.15, -0.1) is 0 Å². The number of thiazole rings is 1. The molecule has 0 atom stereocenters. The fraction of sp³-hybridized carbons (Fsp3) is 0.500. The first-order valence-electron chi connectivity index (χ1n) is 6.33. The maximum absolute atomic E-state index is 12.2. The lowest BCUT2D eigenvalue weighted by molar-refractivity contribution is -0.118. The summed E-state index contributed by atoms with van der Waals surface area (Å²) in [5.74, 6) is 0.123. The number of carbonyl (C=O) groups is 1. The van der Waals surface area contributed by atoms with Crippen molar-refractivity contribution >= 4 is 32.6 Å². The molecule has 2 aromatic heterocycles. The van der Waals surface area contributed by atoms with E-state index in [1.807, 2.05) is 0 Å². The first-order chi connectivity index (χ1) is 9.45. The van der Waals surface area contributed by atoms with Crippen molar-refractivity contribution in [1.82, 2.24) is 14.1 Å². The molecule has 0 aromatic carbocycles. The Morgan fingerprint density at radius 1 is 1.40 bits per heavy atom. The van der Waals surface area contributed by atoms with Crippen molar-refractivity contribution in [1.29, 1.82) is 0 Å². The molecular formula is C12H16N4O3S. The summed E-state index contributed by atoms with van der Waals surface area (Å²) in [4.78, 5) is 39.6. The topological polar surface area (TPSA) is 100.0 Å². The summed E-state index contributed by atoms with van der Waals surface area (Å²) < 4.78 is 2.82. The van der Waals surface area contributed by atoms with Crippen molar-refractivity contribution in [2.45, 2.75) is 32.7 Å². The Morgan fingerprint density at radius 3 is 2.75 bits per heavy atom. The molecular weight excluding hydrogens is 280 g/mol. The van der Waals surface area contributed by atoms with Gasteiger partial charge in [-0.25, -0.2) is 9.78 Å². The minimum Gasteiger partial charge on any atom is -0.375 e. The number of Topliss-reactive ketones (excluding diaryl/α,β-unsaturated/α-hetero) is 1. The maximum atomic E-state index is 12.2. The fourth-order valence-electron chi connectivity index (χ4n) is 1.98. The number of nitrogens with zero attached hydrogens (tertiary/aromatic N) is 3. The van der Waals surface area contributed by atoms with Crippen LogP contribution in [0.15, 0.2) is 9.59 Å². The van der Waals surface area contributed by atoms with Crippen LogP contribution < -0.4 is 17.0 Å². The first-order valence-corrected chi connectivity index (χ1v) is 7.15. The van der Waals surface area contributed by atoms with Crippen LogP contribution in [0, 0.1) is 0 Å². The van der Waals surface area contributed by atoms with Gasteiger partial charge < -0.3 is 5.73 Å². The van der Waals surface area contributed by atoms with Crippen molar-refractivity contribution < 1.29 is 4.79 Å². The minimum atomic E-state index is -0.434. The SMILES string of the molecule is CCC(=O)CCCn1c(=O)c2sc(N)nc2n(C)c1=O. The molecule has 7 nitrogen and oxygen atoms in total. The number of rotatable bonds is 5. The molecule has 0 aliphatic carbocycles. The molecule has 0 unspecified atom stereocenters. The summed E-state index contributed by atoms with van der Waals surface area (Å²) in [6.07, 6.45) is 1.31. The number of aryl methyl sites for hydroxylation is 1. The van der Waals surface area contributed by atoms with Crippen LogP contribution in [0.1, 0.15) is 26.2 Å². The summed E-state index contributed by atoms with van der Waals surface area (Å²) in [5, 5.41) is 0.256. The third kappa shape index (κ3) is 2.51. The highest BCUT2D eigenvalue weighted by Crippen LogP contribution is 2.18. The molecule has 0 amide bonds. The molecule has 2 rings (SSSR count). The zero-order valence-electron chi connectivity index (χ0n) is 11.4. The van der Waals surface area contributed by atoms with E-state index in [2.05, 4.69) is 4.98 Å². The van der Waals surface area contributed by atoms with Gasteiger partial charge in [0.05, 0.1) is 0 Å². The average Bonchev–Trinajstić information content (AvgIpc) is 2.82. The van der Waals surface area contributed by atoms with Crippen LogP contribution >= 0.6 is 11.3 Å². The van der Waals surface area contributed by atoms with Crippen molar-refractivity contribution in [3.8, 4) is 0 Å². The van der Waals surface area contributed by atoms with Gasteiger partial charge in [0.2, 0.25) is 0 Å². The molecule has 108 valence electrons. The molecule has 0 spiro atoms. The molecule has 0 saturated carbocycles. The van der Waals surface area contributed by atoms with Gasteiger partial charge in [-0.05, 0) is 6.42 Å². The van der Waals surface area contributed by atoms with E-state index in [0.29, 0.717) is 29.6 Å². The molecule has 2 aromatic rings. The quantitative estimate of drug-likeness (QED) is 0.866. The summed E-state index contributed by atoms with van der Waals surface area (Å²) >= 11 is 1.07. The zero-order chi connectivity index (χ0) is 14.9. The standard InChI is InChI=1S/C12H16N4O3S/c1-3-7(17)5-4-6-16-10(18)8-9(14-11(13)20-8)15(2)12(16)19/h3-6H2,1-2H3,(H2,13,14). The summed E-state index contributed by atoms with van der Waals surface area (Å²) in [6.45, 7) is 2.02. The summed E-state index contributed by atoms with van der Waals surface area (Å²) in [7, 11) is 1.55. The highest BCUT2D eigenvalue weighted by atomic mass is 32.1. The van der Waals surface area contributed by atoms with E-state index in [1.165, 1.54) is 4.57 Å². The Hall–Kier alpha value is -1.96. The summed E-state index contributed by atoms with van der Waals surface area (Å²) in [5.41, 5.74) is 5.07. The third-order valence-electron chi connectivity index (χ3n) is 3.13. The van der Waals surface area contributed by atoms with Crippen LogP contribution in [0.2, 0.25) is 0 Å². The number of fused-ring (bicyclic) bond motifs is 1. The Bertz CT molecular complexity index is 771. The van der Waals surface area contributed by atoms with E-state index in [0.717, 1.165) is 15.9 Å². The molecule has 2 heterocycles. The largest absolute Gasteiger partial charge is 0.375 e. The number of nitrogen functional groups attached to an aromatic ring is 1. The number of hydrogen-bond acceptors (Lipinski definition) is 6. The number of carbonyl (C=O) groups excluding carboxylic acids is 1. The van der Waals surface area contributed by atoms with Crippen molar-refractivity contribution in [2.24, 2.45) is 7.05 Å². The van der Waals surface area contributed by atoms with Gasteiger partial charge in [-0.1, -0.05) is 18.3 Å². The zero-order valence-corrected chi connectivity index (χ0v) is 12.2. The lowest BCUT2D eigenvalue weighted by Gasteiger charge is -2.07. The Balaban J connectivity index is 2.41. The normalized spacial score (nSPS) is 11.1. The lowest BCUT2D eigenvalue weighted by atomic mass is 10.2. The van der Waals surface area contributed by atoms with E-state index in [-0.39, 0.29) is 23.0 Å². The van der Waals surface area contributed by atoms with Gasteiger partial charge in [0.15, 0.2) is 10.8 Å². The summed E-state index contributed by atoms with van der Waals surface area (Å²) in [6, 6.07) is 0. The first kappa shape index (κ1) is 14.4. The van der Waals surface area contributed by atoms with Gasteiger partial charge in [0.25, 0.3) is 5.56 Å². The predicted octanol–water partition coefficient (Wildman–Crippen LogP) is 0.498. The molecule has 0 aliphatic rings. The average molecular weight is 296 g/mol. The predicted molar refractivity (Wildman–Crippen MR) is 78.1 cm³/mol. The van der Waals surface area contributed by atoms with Crippen LogP contribution in [-0.2, 0) is 18.4 Å². The molecule has 0 bridgehead atoms. The molecule has 20 heavy (non-hydrogen) atoms. The van der Waals surface area contributed by atoms with E-state index in [4.69, 9.17) is 5.73 Å². The molecule has 0 saturated heterocycles. The number of ketones is 1. The second-order valence-electron chi connectivity index (χ2n) is 4.50. The number of nitrogens with two attached hydrogens (primary N) is 1. The van der Waals surface area contributed by atoms with Gasteiger partial charge >= 0.3 is 5.69 Å². The van der Waals surface area contributed by atoms with Gasteiger partial charge in [-0.2, -0.15) is 0 Å². The Kier molecular flexibility index (Phi) is 4.03. The Morgan fingerprint density at radius 2 is 2.10 bits per heavy atom. The highest BCUT2D eigenvalue weighted by Gasteiger charge is 2.14. The van der Waals surface area contributed by atoms with E-state index >= 15 is 0 Å². The van der Waals surface area contributed by atoms with E-state index in [9.17, 15) is 14.4 Å². The van der Waals surface area contributed by atoms with Gasteiger partial charge in [-0.3, -0.25) is 18.7 Å². The highest BCUT2D eigenvalue weighted by molar-refractivity contribution is 7.21. The second-order valence-corrected chi connectivity index (χ2v) is 5.53. The number of anilines is 1. The van der Waals surface area contributed by atoms with Crippen LogP contribution in [0.4, 0.5) is 5.13 Å². The van der Waals surface area contributed by atoms with Crippen LogP contribution in [0.5, 0.6) is 0 Å². The lowest BCUT2D eigenvalue weighted by Crippen LogP contribution is -2.38. The smallest absolute Gasteiger partial charge is 0.332 e. The van der Waals surface area contributed by atoms with Crippen molar-refractivity contribution in [3.63, 3.8) is 0 Å². The Labute approximate surface area is 118 Å².